The number of fused-ring (bicyclic) bond motifs is 3. The first-order valence-electron chi connectivity index (χ1n) is 12.5. The van der Waals surface area contributed by atoms with E-state index in [0.29, 0.717) is 6.54 Å². The average Bonchev–Trinajstić information content (AvgIpc) is 3.66. The highest BCUT2D eigenvalue weighted by atomic mass is 16.5. The van der Waals surface area contributed by atoms with Gasteiger partial charge in [-0.2, -0.15) is 0 Å². The van der Waals surface area contributed by atoms with Crippen molar-refractivity contribution in [1.29, 1.82) is 0 Å². The maximum absolute atomic E-state index is 13.7. The summed E-state index contributed by atoms with van der Waals surface area (Å²) in [5, 5.41) is 12.6. The molecule has 2 N–H and O–H groups in total. The number of alkyl carbamates (subject to hydrolysis) is 1. The first-order valence-corrected chi connectivity index (χ1v) is 12.5. The molecule has 3 atom stereocenters. The van der Waals surface area contributed by atoms with Gasteiger partial charge in [-0.05, 0) is 66.7 Å². The Morgan fingerprint density at radius 1 is 1.03 bits per heavy atom. The number of rotatable bonds is 6. The summed E-state index contributed by atoms with van der Waals surface area (Å²) < 4.78 is 5.71. The summed E-state index contributed by atoms with van der Waals surface area (Å²) in [4.78, 5) is 40.1. The van der Waals surface area contributed by atoms with Gasteiger partial charge < -0.3 is 20.1 Å². The first-order chi connectivity index (χ1) is 16.8. The fourth-order valence-corrected chi connectivity index (χ4v) is 5.93. The second-order valence-electron chi connectivity index (χ2n) is 10.3. The molecule has 2 aromatic carbocycles. The van der Waals surface area contributed by atoms with Crippen molar-refractivity contribution in [1.82, 2.24) is 10.2 Å². The Morgan fingerprint density at radius 2 is 1.63 bits per heavy atom. The summed E-state index contributed by atoms with van der Waals surface area (Å²) >= 11 is 0. The van der Waals surface area contributed by atoms with Crippen LogP contribution in [0.25, 0.3) is 11.1 Å². The normalized spacial score (nSPS) is 23.1. The highest BCUT2D eigenvalue weighted by molar-refractivity contribution is 5.93. The lowest BCUT2D eigenvalue weighted by atomic mass is 9.86. The van der Waals surface area contributed by atoms with Gasteiger partial charge in [0.1, 0.15) is 18.2 Å². The van der Waals surface area contributed by atoms with Crippen LogP contribution < -0.4 is 5.32 Å². The third-order valence-electron chi connectivity index (χ3n) is 7.99. The second kappa shape index (κ2) is 9.02. The third kappa shape index (κ3) is 4.17. The number of carboxylic acid groups (broad SMARTS) is 1. The van der Waals surface area contributed by atoms with E-state index in [2.05, 4.69) is 29.6 Å². The van der Waals surface area contributed by atoms with Crippen LogP contribution in [0.3, 0.4) is 0 Å². The van der Waals surface area contributed by atoms with E-state index in [1.54, 1.807) is 6.92 Å². The third-order valence-corrected chi connectivity index (χ3v) is 7.99. The highest BCUT2D eigenvalue weighted by Gasteiger charge is 2.53. The molecule has 2 aromatic rings. The number of carboxylic acids is 1. The van der Waals surface area contributed by atoms with Crippen molar-refractivity contribution in [2.45, 2.75) is 57.0 Å². The molecule has 5 rings (SSSR count). The minimum atomic E-state index is -1.19. The van der Waals surface area contributed by atoms with Gasteiger partial charge in [0, 0.05) is 12.5 Å². The van der Waals surface area contributed by atoms with Crippen molar-refractivity contribution in [2.75, 3.05) is 13.2 Å². The topological polar surface area (TPSA) is 95.9 Å². The van der Waals surface area contributed by atoms with E-state index in [1.165, 1.54) is 4.90 Å². The van der Waals surface area contributed by atoms with Crippen molar-refractivity contribution in [3.63, 3.8) is 0 Å². The van der Waals surface area contributed by atoms with Gasteiger partial charge in [0.05, 0.1) is 0 Å². The number of benzene rings is 2. The molecule has 1 aliphatic heterocycles. The summed E-state index contributed by atoms with van der Waals surface area (Å²) in [5.41, 5.74) is 3.35. The van der Waals surface area contributed by atoms with Crippen LogP contribution in [0.4, 0.5) is 4.79 Å². The number of hydrogen-bond donors (Lipinski definition) is 2. The molecule has 0 radical (unpaired) electrons. The Kier molecular flexibility index (Phi) is 6.03. The van der Waals surface area contributed by atoms with E-state index in [1.807, 2.05) is 31.2 Å². The predicted molar refractivity (Wildman–Crippen MR) is 131 cm³/mol. The largest absolute Gasteiger partial charge is 0.480 e. The maximum atomic E-state index is 13.7. The van der Waals surface area contributed by atoms with Crippen LogP contribution >= 0.6 is 0 Å². The zero-order chi connectivity index (χ0) is 24.7. The molecule has 1 saturated carbocycles. The summed E-state index contributed by atoms with van der Waals surface area (Å²) in [6.45, 7) is 4.13. The molecule has 7 nitrogen and oxygen atoms in total. The number of nitrogens with one attached hydrogen (secondary N) is 1. The number of hydrogen-bond acceptors (Lipinski definition) is 4. The van der Waals surface area contributed by atoms with Crippen molar-refractivity contribution >= 4 is 18.0 Å². The van der Waals surface area contributed by atoms with Crippen molar-refractivity contribution < 1.29 is 24.2 Å². The standard InChI is InChI=1S/C28H32N2O5/c1-17-8-7-15-30(24(17)25(31)32)26(33)28(2,18-13-14-18)29-27(34)35-16-23-21-11-5-3-9-19(21)20-10-4-6-12-22(20)23/h3-6,9-12,17-18,23-24H,7-8,13-16H2,1-2H3,(H,29,34)(H,31,32). The van der Waals surface area contributed by atoms with Crippen LogP contribution in [0.1, 0.15) is 56.6 Å². The minimum Gasteiger partial charge on any atom is -0.480 e. The van der Waals surface area contributed by atoms with Gasteiger partial charge in [0.2, 0.25) is 5.91 Å². The van der Waals surface area contributed by atoms with Crippen LogP contribution in [0.5, 0.6) is 0 Å². The monoisotopic (exact) mass is 476 g/mol. The quantitative estimate of drug-likeness (QED) is 0.644. The summed E-state index contributed by atoms with van der Waals surface area (Å²) in [5.74, 6) is -1.56. The van der Waals surface area contributed by atoms with Gasteiger partial charge in [-0.15, -0.1) is 0 Å². The number of amides is 2. The second-order valence-corrected chi connectivity index (χ2v) is 10.3. The molecule has 0 bridgehead atoms. The molecule has 2 aliphatic carbocycles. The minimum absolute atomic E-state index is 0.0258. The predicted octanol–water partition coefficient (Wildman–Crippen LogP) is 4.41. The molecule has 7 heteroatoms. The number of carbonyl (C=O) groups excluding carboxylic acids is 2. The highest BCUT2D eigenvalue weighted by Crippen LogP contribution is 2.45. The van der Waals surface area contributed by atoms with Crippen LogP contribution in [0, 0.1) is 11.8 Å². The number of nitrogens with zero attached hydrogens (tertiary/aromatic N) is 1. The molecule has 35 heavy (non-hydrogen) atoms. The Morgan fingerprint density at radius 3 is 2.20 bits per heavy atom. The molecule has 0 spiro atoms. The molecule has 3 unspecified atom stereocenters. The lowest BCUT2D eigenvalue weighted by Gasteiger charge is -2.42. The van der Waals surface area contributed by atoms with Crippen LogP contribution in [-0.4, -0.2) is 52.7 Å². The fourth-order valence-electron chi connectivity index (χ4n) is 5.93. The summed E-state index contributed by atoms with van der Waals surface area (Å²) in [7, 11) is 0. The molecule has 2 amide bonds. The smallest absolute Gasteiger partial charge is 0.408 e. The van der Waals surface area contributed by atoms with Crippen molar-refractivity contribution in [3.05, 3.63) is 59.7 Å². The Labute approximate surface area is 205 Å². The van der Waals surface area contributed by atoms with E-state index in [0.717, 1.165) is 47.9 Å². The van der Waals surface area contributed by atoms with Gasteiger partial charge in [0.25, 0.3) is 0 Å². The molecule has 0 aromatic heterocycles. The van der Waals surface area contributed by atoms with Crippen molar-refractivity contribution in [2.24, 2.45) is 11.8 Å². The molecular weight excluding hydrogens is 444 g/mol. The molecule has 3 aliphatic rings. The SMILES string of the molecule is CC1CCCN(C(=O)C(C)(NC(=O)OCC2c3ccccc3-c3ccccc32)C2CC2)C1C(=O)O. The number of ether oxygens (including phenoxy) is 1. The Balaban J connectivity index is 1.31. The van der Waals surface area contributed by atoms with E-state index < -0.39 is 23.6 Å². The molecule has 2 fully saturated rings. The lowest BCUT2D eigenvalue weighted by Crippen LogP contribution is -2.64. The zero-order valence-corrected chi connectivity index (χ0v) is 20.2. The van der Waals surface area contributed by atoms with Crippen molar-refractivity contribution in [3.8, 4) is 11.1 Å². The number of piperidine rings is 1. The van der Waals surface area contributed by atoms with E-state index in [4.69, 9.17) is 4.74 Å². The average molecular weight is 477 g/mol. The van der Waals surface area contributed by atoms with E-state index in [9.17, 15) is 19.5 Å². The van der Waals surface area contributed by atoms with Gasteiger partial charge in [-0.3, -0.25) is 4.79 Å². The number of likely N-dealkylation sites (tertiary alicyclic amines) is 1. The van der Waals surface area contributed by atoms with Gasteiger partial charge in [0.15, 0.2) is 0 Å². The first kappa shape index (κ1) is 23.4. The number of aliphatic carboxylic acids is 1. The number of carbonyl (C=O) groups is 3. The Hall–Kier alpha value is -3.35. The van der Waals surface area contributed by atoms with E-state index >= 15 is 0 Å². The summed E-state index contributed by atoms with van der Waals surface area (Å²) in [6, 6.07) is 15.4. The molecule has 1 heterocycles. The summed E-state index contributed by atoms with van der Waals surface area (Å²) in [6.07, 6.45) is 2.50. The molecular formula is C28H32N2O5. The molecule has 184 valence electrons. The zero-order valence-electron chi connectivity index (χ0n) is 20.2. The maximum Gasteiger partial charge on any atom is 0.408 e. The van der Waals surface area contributed by atoms with Gasteiger partial charge in [-0.1, -0.05) is 55.5 Å². The van der Waals surface area contributed by atoms with Crippen LogP contribution in [0.15, 0.2) is 48.5 Å². The van der Waals surface area contributed by atoms with Crippen LogP contribution in [-0.2, 0) is 14.3 Å². The molecule has 1 saturated heterocycles. The van der Waals surface area contributed by atoms with E-state index in [-0.39, 0.29) is 30.3 Å². The fraction of sp³-hybridized carbons (Fsp3) is 0.464. The van der Waals surface area contributed by atoms with Gasteiger partial charge >= 0.3 is 12.1 Å². The Bertz CT molecular complexity index is 1110. The lowest BCUT2D eigenvalue weighted by molar-refractivity contribution is -0.158. The van der Waals surface area contributed by atoms with Gasteiger partial charge in [-0.25, -0.2) is 9.59 Å². The van der Waals surface area contributed by atoms with Crippen LogP contribution in [0.2, 0.25) is 0 Å².